The summed E-state index contributed by atoms with van der Waals surface area (Å²) < 4.78 is 0. The molecule has 2 aliphatic carbocycles. The largest absolute Gasteiger partial charge is 0.397 e. The maximum Gasteiger partial charge on any atom is 0.0789 e. The number of benzene rings is 1. The first-order valence-electron chi connectivity index (χ1n) is 6.53. The van der Waals surface area contributed by atoms with Gasteiger partial charge in [0.25, 0.3) is 0 Å². The zero-order valence-corrected chi connectivity index (χ0v) is 10.8. The summed E-state index contributed by atoms with van der Waals surface area (Å²) in [7, 11) is 0. The van der Waals surface area contributed by atoms with Crippen LogP contribution in [0.2, 0.25) is 5.02 Å². The molecule has 2 saturated carbocycles. The second-order valence-corrected chi connectivity index (χ2v) is 5.88. The Kier molecular flexibility index (Phi) is 2.91. The standard InChI is InChI=1S/C14H19ClN2/c15-12-2-1-3-13(16)14(12)17(8-10-4-5-10)9-11-6-7-11/h1-3,10-11H,4-9,16H2. The van der Waals surface area contributed by atoms with Gasteiger partial charge in [0.2, 0.25) is 0 Å². The molecule has 92 valence electrons. The van der Waals surface area contributed by atoms with Gasteiger partial charge in [0.05, 0.1) is 16.4 Å². The van der Waals surface area contributed by atoms with E-state index in [1.807, 2.05) is 18.2 Å². The van der Waals surface area contributed by atoms with Gasteiger partial charge in [-0.1, -0.05) is 17.7 Å². The van der Waals surface area contributed by atoms with Gasteiger partial charge in [-0.3, -0.25) is 0 Å². The Bertz CT molecular complexity index is 376. The number of nitrogens with zero attached hydrogens (tertiary/aromatic N) is 1. The number of nitrogens with two attached hydrogens (primary N) is 1. The van der Waals surface area contributed by atoms with Crippen LogP contribution in [-0.2, 0) is 0 Å². The Labute approximate surface area is 108 Å². The van der Waals surface area contributed by atoms with E-state index < -0.39 is 0 Å². The average Bonchev–Trinajstić information content (AvgIpc) is 3.12. The molecule has 0 bridgehead atoms. The normalized spacial score (nSPS) is 19.4. The number of halogens is 1. The third kappa shape index (κ3) is 2.68. The minimum atomic E-state index is 0.798. The summed E-state index contributed by atoms with van der Waals surface area (Å²) in [5.74, 6) is 1.73. The molecule has 0 unspecified atom stereocenters. The lowest BCUT2D eigenvalue weighted by Crippen LogP contribution is -2.29. The Hall–Kier alpha value is -0.890. The van der Waals surface area contributed by atoms with E-state index >= 15 is 0 Å². The number of rotatable bonds is 5. The van der Waals surface area contributed by atoms with Crippen molar-refractivity contribution in [2.45, 2.75) is 25.7 Å². The molecule has 0 heterocycles. The fourth-order valence-corrected chi connectivity index (χ4v) is 2.65. The van der Waals surface area contributed by atoms with Crippen LogP contribution in [0.15, 0.2) is 18.2 Å². The van der Waals surface area contributed by atoms with Crippen LogP contribution in [0.25, 0.3) is 0 Å². The molecule has 2 nitrogen and oxygen atoms in total. The Morgan fingerprint density at radius 2 is 1.71 bits per heavy atom. The van der Waals surface area contributed by atoms with Crippen LogP contribution in [0.5, 0.6) is 0 Å². The lowest BCUT2D eigenvalue weighted by Gasteiger charge is -2.27. The van der Waals surface area contributed by atoms with E-state index in [0.717, 1.165) is 41.3 Å². The summed E-state index contributed by atoms with van der Waals surface area (Å²) in [5, 5.41) is 0.798. The van der Waals surface area contributed by atoms with Crippen LogP contribution >= 0.6 is 11.6 Å². The molecule has 0 aliphatic heterocycles. The van der Waals surface area contributed by atoms with Crippen molar-refractivity contribution in [2.75, 3.05) is 23.7 Å². The zero-order chi connectivity index (χ0) is 11.8. The van der Waals surface area contributed by atoms with Crippen molar-refractivity contribution < 1.29 is 0 Å². The van der Waals surface area contributed by atoms with Crippen LogP contribution in [0.3, 0.4) is 0 Å². The lowest BCUT2D eigenvalue weighted by molar-refractivity contribution is 0.680. The van der Waals surface area contributed by atoms with E-state index in [-0.39, 0.29) is 0 Å². The maximum absolute atomic E-state index is 6.31. The predicted molar refractivity (Wildman–Crippen MR) is 73.5 cm³/mol. The topological polar surface area (TPSA) is 29.3 Å². The highest BCUT2D eigenvalue weighted by molar-refractivity contribution is 6.34. The number of hydrogen-bond acceptors (Lipinski definition) is 2. The second kappa shape index (κ2) is 4.41. The summed E-state index contributed by atoms with van der Waals surface area (Å²) >= 11 is 6.31. The molecule has 0 atom stereocenters. The van der Waals surface area contributed by atoms with Crippen molar-refractivity contribution in [3.05, 3.63) is 23.2 Å². The van der Waals surface area contributed by atoms with Crippen LogP contribution in [0.4, 0.5) is 11.4 Å². The van der Waals surface area contributed by atoms with Gasteiger partial charge < -0.3 is 10.6 Å². The average molecular weight is 251 g/mol. The highest BCUT2D eigenvalue weighted by atomic mass is 35.5. The molecule has 17 heavy (non-hydrogen) atoms. The van der Waals surface area contributed by atoms with Crippen LogP contribution in [0.1, 0.15) is 25.7 Å². The van der Waals surface area contributed by atoms with Gasteiger partial charge in [0.15, 0.2) is 0 Å². The van der Waals surface area contributed by atoms with E-state index in [1.165, 1.54) is 25.7 Å². The molecule has 2 aliphatic rings. The maximum atomic E-state index is 6.31. The molecule has 0 radical (unpaired) electrons. The molecule has 1 aromatic carbocycles. The molecule has 0 saturated heterocycles. The molecular formula is C14H19ClN2. The summed E-state index contributed by atoms with van der Waals surface area (Å²) in [5.41, 5.74) is 7.97. The molecule has 3 rings (SSSR count). The number of nitrogen functional groups attached to an aromatic ring is 1. The van der Waals surface area contributed by atoms with Crippen molar-refractivity contribution in [3.63, 3.8) is 0 Å². The van der Waals surface area contributed by atoms with Gasteiger partial charge in [-0.25, -0.2) is 0 Å². The first kappa shape index (κ1) is 11.2. The molecule has 2 N–H and O–H groups in total. The van der Waals surface area contributed by atoms with Crippen molar-refractivity contribution in [2.24, 2.45) is 11.8 Å². The van der Waals surface area contributed by atoms with Crippen molar-refractivity contribution in [3.8, 4) is 0 Å². The smallest absolute Gasteiger partial charge is 0.0789 e. The fourth-order valence-electron chi connectivity index (χ4n) is 2.35. The van der Waals surface area contributed by atoms with Crippen LogP contribution in [-0.4, -0.2) is 13.1 Å². The SMILES string of the molecule is Nc1cccc(Cl)c1N(CC1CC1)CC1CC1. The van der Waals surface area contributed by atoms with Crippen molar-refractivity contribution in [1.82, 2.24) is 0 Å². The summed E-state index contributed by atoms with van der Waals surface area (Å²) in [4.78, 5) is 2.42. The number of anilines is 2. The Morgan fingerprint density at radius 3 is 2.18 bits per heavy atom. The minimum Gasteiger partial charge on any atom is -0.397 e. The fraction of sp³-hybridized carbons (Fsp3) is 0.571. The van der Waals surface area contributed by atoms with E-state index in [9.17, 15) is 0 Å². The third-order valence-electron chi connectivity index (χ3n) is 3.69. The Morgan fingerprint density at radius 1 is 1.12 bits per heavy atom. The van der Waals surface area contributed by atoms with E-state index in [0.29, 0.717) is 0 Å². The molecule has 0 amide bonds. The molecular weight excluding hydrogens is 232 g/mol. The first-order chi connectivity index (χ1) is 8.24. The van der Waals surface area contributed by atoms with E-state index in [2.05, 4.69) is 4.90 Å². The van der Waals surface area contributed by atoms with E-state index in [1.54, 1.807) is 0 Å². The first-order valence-corrected chi connectivity index (χ1v) is 6.91. The van der Waals surface area contributed by atoms with E-state index in [4.69, 9.17) is 17.3 Å². The third-order valence-corrected chi connectivity index (χ3v) is 3.99. The highest BCUT2D eigenvalue weighted by Gasteiger charge is 2.30. The van der Waals surface area contributed by atoms with Gasteiger partial charge in [-0.05, 0) is 49.7 Å². The van der Waals surface area contributed by atoms with Gasteiger partial charge in [0, 0.05) is 13.1 Å². The molecule has 2 fully saturated rings. The number of para-hydroxylation sites is 1. The summed E-state index contributed by atoms with van der Waals surface area (Å²) in [6.45, 7) is 2.26. The van der Waals surface area contributed by atoms with Gasteiger partial charge in [-0.15, -0.1) is 0 Å². The zero-order valence-electron chi connectivity index (χ0n) is 10.0. The second-order valence-electron chi connectivity index (χ2n) is 5.47. The lowest BCUT2D eigenvalue weighted by atomic mass is 10.2. The highest BCUT2D eigenvalue weighted by Crippen LogP contribution is 2.39. The predicted octanol–water partition coefficient (Wildman–Crippen LogP) is 3.55. The van der Waals surface area contributed by atoms with Crippen LogP contribution < -0.4 is 10.6 Å². The molecule has 3 heteroatoms. The number of hydrogen-bond donors (Lipinski definition) is 1. The molecule has 0 spiro atoms. The van der Waals surface area contributed by atoms with Crippen LogP contribution in [0, 0.1) is 11.8 Å². The monoisotopic (exact) mass is 250 g/mol. The van der Waals surface area contributed by atoms with Gasteiger partial charge >= 0.3 is 0 Å². The van der Waals surface area contributed by atoms with Gasteiger partial charge in [-0.2, -0.15) is 0 Å². The quantitative estimate of drug-likeness (QED) is 0.810. The minimum absolute atomic E-state index is 0.798. The summed E-state index contributed by atoms with van der Waals surface area (Å²) in [6.07, 6.45) is 5.47. The molecule has 1 aromatic rings. The Balaban J connectivity index is 1.83. The summed E-state index contributed by atoms with van der Waals surface area (Å²) in [6, 6.07) is 5.82. The molecule has 0 aromatic heterocycles. The van der Waals surface area contributed by atoms with Crippen molar-refractivity contribution in [1.29, 1.82) is 0 Å². The van der Waals surface area contributed by atoms with Gasteiger partial charge in [0.1, 0.15) is 0 Å². The van der Waals surface area contributed by atoms with Crippen molar-refractivity contribution >= 4 is 23.0 Å².